The zero-order chi connectivity index (χ0) is 15.7. The number of nitrogens with zero attached hydrogens (tertiary/aromatic N) is 1. The first-order valence-electron chi connectivity index (χ1n) is 5.79. The van der Waals surface area contributed by atoms with E-state index in [2.05, 4.69) is 20.7 Å². The molecule has 0 amide bonds. The number of benzene rings is 1. The zero-order valence-corrected chi connectivity index (χ0v) is 14.1. The topological polar surface area (TPSA) is 49.4 Å². The van der Waals surface area contributed by atoms with Crippen molar-refractivity contribution in [3.63, 3.8) is 0 Å². The van der Waals surface area contributed by atoms with Crippen LogP contribution in [-0.2, 0) is 10.0 Å². The van der Waals surface area contributed by atoms with Crippen LogP contribution in [0.4, 0.5) is 8.78 Å². The minimum Gasteiger partial charge on any atom is -0.303 e. The summed E-state index contributed by atoms with van der Waals surface area (Å²) in [7, 11) is -0.454. The van der Waals surface area contributed by atoms with Crippen molar-refractivity contribution in [2.45, 2.75) is 24.3 Å². The van der Waals surface area contributed by atoms with Crippen LogP contribution in [0.25, 0.3) is 0 Å². The molecular weight excluding hydrogens is 354 g/mol. The third-order valence-corrected chi connectivity index (χ3v) is 5.50. The summed E-state index contributed by atoms with van der Waals surface area (Å²) in [4.78, 5) is 1.25. The molecular formula is C12H17BrF2N2O2S. The Morgan fingerprint density at radius 1 is 1.30 bits per heavy atom. The van der Waals surface area contributed by atoms with Crippen molar-refractivity contribution in [2.24, 2.45) is 0 Å². The summed E-state index contributed by atoms with van der Waals surface area (Å²) >= 11 is 2.87. The third kappa shape index (κ3) is 3.97. The van der Waals surface area contributed by atoms with Gasteiger partial charge in [0.05, 0.1) is 0 Å². The zero-order valence-electron chi connectivity index (χ0n) is 11.7. The van der Waals surface area contributed by atoms with Crippen molar-refractivity contribution in [2.75, 3.05) is 20.6 Å². The molecule has 0 saturated heterocycles. The van der Waals surface area contributed by atoms with Gasteiger partial charge in [-0.2, -0.15) is 0 Å². The van der Waals surface area contributed by atoms with Gasteiger partial charge >= 0.3 is 0 Å². The van der Waals surface area contributed by atoms with E-state index in [4.69, 9.17) is 0 Å². The first-order chi connectivity index (χ1) is 8.97. The number of likely N-dealkylation sites (N-methyl/N-ethyl adjacent to an activating group) is 1. The molecule has 0 spiro atoms. The average molecular weight is 371 g/mol. The maximum absolute atomic E-state index is 13.7. The van der Waals surface area contributed by atoms with E-state index >= 15 is 0 Å². The van der Waals surface area contributed by atoms with Crippen LogP contribution < -0.4 is 4.72 Å². The summed E-state index contributed by atoms with van der Waals surface area (Å²) < 4.78 is 53.1. The minimum atomic E-state index is -4.07. The Morgan fingerprint density at radius 3 is 2.30 bits per heavy atom. The summed E-state index contributed by atoms with van der Waals surface area (Å²) in [6, 6.07) is 1.45. The molecule has 0 atom stereocenters. The van der Waals surface area contributed by atoms with E-state index in [0.29, 0.717) is 6.07 Å². The monoisotopic (exact) mass is 370 g/mol. The van der Waals surface area contributed by atoms with E-state index < -0.39 is 32.1 Å². The van der Waals surface area contributed by atoms with E-state index in [1.54, 1.807) is 0 Å². The fourth-order valence-corrected chi connectivity index (χ4v) is 3.65. The van der Waals surface area contributed by atoms with E-state index in [9.17, 15) is 17.2 Å². The van der Waals surface area contributed by atoms with E-state index in [-0.39, 0.29) is 11.0 Å². The molecule has 0 aliphatic rings. The van der Waals surface area contributed by atoms with Crippen LogP contribution in [0.3, 0.4) is 0 Å². The van der Waals surface area contributed by atoms with Gasteiger partial charge < -0.3 is 4.90 Å². The molecule has 0 unspecified atom stereocenters. The van der Waals surface area contributed by atoms with Crippen molar-refractivity contribution >= 4 is 26.0 Å². The quantitative estimate of drug-likeness (QED) is 0.865. The number of nitrogens with one attached hydrogen (secondary N) is 1. The van der Waals surface area contributed by atoms with Crippen molar-refractivity contribution in [3.8, 4) is 0 Å². The van der Waals surface area contributed by atoms with Gasteiger partial charge in [0.15, 0.2) is 0 Å². The lowest BCUT2D eigenvalue weighted by Gasteiger charge is -2.32. The summed E-state index contributed by atoms with van der Waals surface area (Å²) in [5.74, 6) is -1.98. The van der Waals surface area contributed by atoms with E-state index in [0.717, 1.165) is 6.07 Å². The van der Waals surface area contributed by atoms with Gasteiger partial charge in [-0.15, -0.1) is 0 Å². The highest BCUT2D eigenvalue weighted by Crippen LogP contribution is 2.26. The Morgan fingerprint density at radius 2 is 1.85 bits per heavy atom. The van der Waals surface area contributed by atoms with Gasteiger partial charge in [-0.05, 0) is 49.9 Å². The molecule has 8 heteroatoms. The van der Waals surface area contributed by atoms with Gasteiger partial charge in [-0.3, -0.25) is 0 Å². The summed E-state index contributed by atoms with van der Waals surface area (Å²) in [5, 5.41) is 0. The highest BCUT2D eigenvalue weighted by molar-refractivity contribution is 9.10. The van der Waals surface area contributed by atoms with Gasteiger partial charge in [-0.1, -0.05) is 0 Å². The molecule has 0 aliphatic carbocycles. The predicted octanol–water partition coefficient (Wildman–Crippen LogP) is 2.35. The molecule has 0 bridgehead atoms. The molecule has 1 aromatic carbocycles. The number of hydrogen-bond acceptors (Lipinski definition) is 3. The minimum absolute atomic E-state index is 0.0889. The molecule has 1 aromatic rings. The van der Waals surface area contributed by atoms with Crippen molar-refractivity contribution in [1.29, 1.82) is 0 Å². The van der Waals surface area contributed by atoms with Gasteiger partial charge in [0.2, 0.25) is 10.0 Å². The maximum Gasteiger partial charge on any atom is 0.244 e. The molecule has 1 N–H and O–H groups in total. The molecule has 0 radical (unpaired) electrons. The fourth-order valence-electron chi connectivity index (χ4n) is 1.29. The van der Waals surface area contributed by atoms with Gasteiger partial charge in [0.25, 0.3) is 0 Å². The molecule has 0 heterocycles. The molecule has 0 aliphatic heterocycles. The molecule has 114 valence electrons. The lowest BCUT2D eigenvalue weighted by atomic mass is 10.1. The third-order valence-electron chi connectivity index (χ3n) is 3.14. The van der Waals surface area contributed by atoms with Crippen LogP contribution in [0.2, 0.25) is 0 Å². The Kier molecular flexibility index (Phi) is 5.29. The van der Waals surface area contributed by atoms with E-state index in [1.807, 2.05) is 32.8 Å². The van der Waals surface area contributed by atoms with Gasteiger partial charge in [-0.25, -0.2) is 21.9 Å². The van der Waals surface area contributed by atoms with E-state index in [1.165, 1.54) is 0 Å². The number of hydrogen-bond donors (Lipinski definition) is 1. The summed E-state index contributed by atoms with van der Waals surface area (Å²) in [6.07, 6.45) is 0. The van der Waals surface area contributed by atoms with Crippen LogP contribution in [0.15, 0.2) is 21.5 Å². The lowest BCUT2D eigenvalue weighted by Crippen LogP contribution is -2.48. The van der Waals surface area contributed by atoms with Crippen molar-refractivity contribution in [3.05, 3.63) is 28.2 Å². The summed E-state index contributed by atoms with van der Waals surface area (Å²) in [5.41, 5.74) is -0.448. The first-order valence-corrected chi connectivity index (χ1v) is 8.06. The molecule has 0 saturated carbocycles. The van der Waals surface area contributed by atoms with Crippen LogP contribution in [-0.4, -0.2) is 39.5 Å². The Balaban J connectivity index is 3.08. The average Bonchev–Trinajstić information content (AvgIpc) is 2.24. The largest absolute Gasteiger partial charge is 0.303 e. The maximum atomic E-state index is 13.7. The Hall–Kier alpha value is -0.570. The molecule has 1 rings (SSSR count). The first kappa shape index (κ1) is 17.5. The van der Waals surface area contributed by atoms with Crippen molar-refractivity contribution in [1.82, 2.24) is 9.62 Å². The van der Waals surface area contributed by atoms with Crippen LogP contribution in [0, 0.1) is 11.6 Å². The normalized spacial score (nSPS) is 13.0. The van der Waals surface area contributed by atoms with Crippen LogP contribution in [0.5, 0.6) is 0 Å². The van der Waals surface area contributed by atoms with Crippen LogP contribution in [0.1, 0.15) is 13.8 Å². The number of halogens is 3. The lowest BCUT2D eigenvalue weighted by molar-refractivity contribution is 0.199. The smallest absolute Gasteiger partial charge is 0.244 e. The second-order valence-electron chi connectivity index (χ2n) is 5.23. The second kappa shape index (κ2) is 6.05. The standard InChI is InChI=1S/C12H17BrF2N2O2S/c1-12(2,17(3)4)7-16-20(18,19)11-9(13)5-8(14)6-10(11)15/h5-6,16H,7H2,1-4H3. The second-order valence-corrected chi connectivity index (χ2v) is 7.79. The summed E-state index contributed by atoms with van der Waals surface area (Å²) in [6.45, 7) is 3.77. The fraction of sp³-hybridized carbons (Fsp3) is 0.500. The Bertz CT molecular complexity index is 580. The van der Waals surface area contributed by atoms with Crippen molar-refractivity contribution < 1.29 is 17.2 Å². The number of sulfonamides is 1. The molecule has 0 fully saturated rings. The van der Waals surface area contributed by atoms with Gasteiger partial charge in [0, 0.05) is 22.6 Å². The molecule has 4 nitrogen and oxygen atoms in total. The van der Waals surface area contributed by atoms with Crippen LogP contribution >= 0.6 is 15.9 Å². The number of rotatable bonds is 5. The highest BCUT2D eigenvalue weighted by Gasteiger charge is 2.27. The SMILES string of the molecule is CN(C)C(C)(C)CNS(=O)(=O)c1c(F)cc(F)cc1Br. The molecule has 20 heavy (non-hydrogen) atoms. The highest BCUT2D eigenvalue weighted by atomic mass is 79.9. The van der Waals surface area contributed by atoms with Gasteiger partial charge in [0.1, 0.15) is 16.5 Å². The Labute approximate surface area is 126 Å². The predicted molar refractivity (Wildman–Crippen MR) is 77.0 cm³/mol. The molecule has 0 aromatic heterocycles.